The predicted octanol–water partition coefficient (Wildman–Crippen LogP) is 5.07. The molecule has 132 valence electrons. The van der Waals surface area contributed by atoms with Crippen LogP contribution in [0.4, 0.5) is 0 Å². The molecule has 0 amide bonds. The molecule has 0 radical (unpaired) electrons. The van der Waals surface area contributed by atoms with Gasteiger partial charge in [0.15, 0.2) is 16.8 Å². The molecule has 0 saturated heterocycles. The van der Waals surface area contributed by atoms with E-state index in [1.165, 1.54) is 17.3 Å². The topological polar surface area (TPSA) is 47.8 Å². The predicted molar refractivity (Wildman–Crippen MR) is 107 cm³/mol. The van der Waals surface area contributed by atoms with Gasteiger partial charge in [0.05, 0.1) is 5.75 Å². The third-order valence-corrected chi connectivity index (χ3v) is 5.06. The number of carbonyl (C=O) groups excluding carboxylic acids is 1. The number of ketones is 1. The van der Waals surface area contributed by atoms with Crippen molar-refractivity contribution < 1.29 is 4.79 Å². The molecule has 3 aromatic rings. The van der Waals surface area contributed by atoms with E-state index >= 15 is 0 Å². The van der Waals surface area contributed by atoms with E-state index in [9.17, 15) is 4.79 Å². The largest absolute Gasteiger partial charge is 0.298 e. The summed E-state index contributed by atoms with van der Waals surface area (Å²) in [5.74, 6) is 1.08. The number of allylic oxidation sites excluding steroid dienone is 1. The van der Waals surface area contributed by atoms with Gasteiger partial charge in [-0.3, -0.25) is 9.36 Å². The molecule has 0 fully saturated rings. The molecule has 1 heterocycles. The molecule has 6 heteroatoms. The average Bonchev–Trinajstić information content (AvgIpc) is 3.04. The highest BCUT2D eigenvalue weighted by atomic mass is 35.5. The van der Waals surface area contributed by atoms with Gasteiger partial charge in [-0.15, -0.1) is 16.8 Å². The third-order valence-electron chi connectivity index (χ3n) is 3.84. The number of Topliss-reactive ketones (excluding diaryl/α,β-unsaturated/α-hetero) is 1. The van der Waals surface area contributed by atoms with E-state index in [4.69, 9.17) is 11.6 Å². The Hall–Kier alpha value is -2.37. The van der Waals surface area contributed by atoms with Crippen molar-refractivity contribution in [1.82, 2.24) is 14.8 Å². The second kappa shape index (κ2) is 8.34. The Balaban J connectivity index is 1.79. The lowest BCUT2D eigenvalue weighted by Crippen LogP contribution is -2.05. The lowest BCUT2D eigenvalue weighted by atomic mass is 10.1. The first-order chi connectivity index (χ1) is 12.6. The Kier molecular flexibility index (Phi) is 5.91. The van der Waals surface area contributed by atoms with Crippen molar-refractivity contribution in [3.8, 4) is 11.4 Å². The Morgan fingerprint density at radius 3 is 2.50 bits per heavy atom. The molecule has 0 N–H and O–H groups in total. The van der Waals surface area contributed by atoms with Crippen LogP contribution in [0.3, 0.4) is 0 Å². The van der Waals surface area contributed by atoms with Crippen molar-refractivity contribution in [2.45, 2.75) is 18.6 Å². The monoisotopic (exact) mass is 383 g/mol. The Morgan fingerprint density at radius 1 is 1.15 bits per heavy atom. The molecule has 26 heavy (non-hydrogen) atoms. The van der Waals surface area contributed by atoms with Crippen molar-refractivity contribution in [2.24, 2.45) is 0 Å². The van der Waals surface area contributed by atoms with Crippen LogP contribution in [0.25, 0.3) is 11.4 Å². The van der Waals surface area contributed by atoms with Crippen molar-refractivity contribution in [1.29, 1.82) is 0 Å². The fraction of sp³-hybridized carbons (Fsp3) is 0.150. The van der Waals surface area contributed by atoms with Crippen molar-refractivity contribution in [3.63, 3.8) is 0 Å². The summed E-state index contributed by atoms with van der Waals surface area (Å²) in [5.41, 5.74) is 2.81. The molecule has 2 aromatic carbocycles. The normalized spacial score (nSPS) is 10.7. The fourth-order valence-corrected chi connectivity index (χ4v) is 3.42. The molecule has 0 spiro atoms. The van der Waals surface area contributed by atoms with E-state index in [1.807, 2.05) is 35.8 Å². The van der Waals surface area contributed by atoms with Crippen LogP contribution in [0, 0.1) is 6.92 Å². The molecule has 0 atom stereocenters. The van der Waals surface area contributed by atoms with Crippen LogP contribution < -0.4 is 0 Å². The van der Waals surface area contributed by atoms with Crippen molar-refractivity contribution >= 4 is 29.1 Å². The number of rotatable bonds is 7. The van der Waals surface area contributed by atoms with Crippen molar-refractivity contribution in [3.05, 3.63) is 77.3 Å². The first-order valence-electron chi connectivity index (χ1n) is 8.11. The van der Waals surface area contributed by atoms with Crippen molar-refractivity contribution in [2.75, 3.05) is 5.75 Å². The molecule has 1 aromatic heterocycles. The first kappa shape index (κ1) is 18.4. The number of nitrogens with zero attached hydrogens (tertiary/aromatic N) is 3. The van der Waals surface area contributed by atoms with Crippen LogP contribution in [-0.2, 0) is 6.54 Å². The third kappa shape index (κ3) is 4.23. The summed E-state index contributed by atoms with van der Waals surface area (Å²) < 4.78 is 1.97. The van der Waals surface area contributed by atoms with E-state index in [1.54, 1.807) is 30.3 Å². The highest BCUT2D eigenvalue weighted by Crippen LogP contribution is 2.25. The smallest absolute Gasteiger partial charge is 0.192 e. The molecule has 0 bridgehead atoms. The minimum Gasteiger partial charge on any atom is -0.298 e. The number of hydrogen-bond donors (Lipinski definition) is 0. The zero-order valence-electron chi connectivity index (χ0n) is 14.4. The van der Waals surface area contributed by atoms with Gasteiger partial charge in [0.25, 0.3) is 0 Å². The molecule has 0 aliphatic rings. The second-order valence-corrected chi connectivity index (χ2v) is 7.17. The van der Waals surface area contributed by atoms with E-state index < -0.39 is 0 Å². The minimum absolute atomic E-state index is 0.0247. The minimum atomic E-state index is 0.0247. The van der Waals surface area contributed by atoms with Gasteiger partial charge < -0.3 is 0 Å². The van der Waals surface area contributed by atoms with E-state index in [-0.39, 0.29) is 11.5 Å². The van der Waals surface area contributed by atoms with Gasteiger partial charge in [-0.1, -0.05) is 59.3 Å². The summed E-state index contributed by atoms with van der Waals surface area (Å²) in [6.45, 7) is 6.43. The van der Waals surface area contributed by atoms with Gasteiger partial charge in [-0.2, -0.15) is 0 Å². The van der Waals surface area contributed by atoms with Crippen LogP contribution >= 0.6 is 23.4 Å². The van der Waals surface area contributed by atoms with Crippen LogP contribution in [0.1, 0.15) is 15.9 Å². The Labute approximate surface area is 161 Å². The Morgan fingerprint density at radius 2 is 1.85 bits per heavy atom. The lowest BCUT2D eigenvalue weighted by Gasteiger charge is -2.08. The van der Waals surface area contributed by atoms with Gasteiger partial charge in [-0.05, 0) is 31.2 Å². The molecule has 0 unspecified atom stereocenters. The summed E-state index contributed by atoms with van der Waals surface area (Å²) in [6.07, 6.45) is 1.80. The maximum absolute atomic E-state index is 12.4. The van der Waals surface area contributed by atoms with Crippen LogP contribution in [0.15, 0.2) is 66.3 Å². The summed E-state index contributed by atoms with van der Waals surface area (Å²) in [7, 11) is 0. The van der Waals surface area contributed by atoms with Gasteiger partial charge in [-0.25, -0.2) is 0 Å². The molecule has 0 saturated carbocycles. The average molecular weight is 384 g/mol. The number of aryl methyl sites for hydroxylation is 1. The van der Waals surface area contributed by atoms with Crippen LogP contribution in [-0.4, -0.2) is 26.3 Å². The molecule has 4 nitrogen and oxygen atoms in total. The number of benzene rings is 2. The highest BCUT2D eigenvalue weighted by Gasteiger charge is 2.15. The molecule has 0 aliphatic heterocycles. The van der Waals surface area contributed by atoms with E-state index in [2.05, 4.69) is 16.8 Å². The van der Waals surface area contributed by atoms with Gasteiger partial charge >= 0.3 is 0 Å². The Bertz CT molecular complexity index is 917. The number of halogens is 1. The maximum Gasteiger partial charge on any atom is 0.192 e. The van der Waals surface area contributed by atoms with Gasteiger partial charge in [0.1, 0.15) is 0 Å². The second-order valence-electron chi connectivity index (χ2n) is 5.79. The zero-order chi connectivity index (χ0) is 18.5. The maximum atomic E-state index is 12.4. The zero-order valence-corrected chi connectivity index (χ0v) is 15.9. The number of carbonyl (C=O) groups is 1. The summed E-state index contributed by atoms with van der Waals surface area (Å²) in [4.78, 5) is 12.4. The number of thioether (sulfide) groups is 1. The standard InChI is InChI=1S/C20H18ClN3OS/c1-3-12-24-19(16-6-4-14(2)5-7-16)22-23-20(24)26-13-18(25)15-8-10-17(21)11-9-15/h3-11H,1,12-13H2,2H3. The number of aromatic nitrogens is 3. The number of hydrogen-bond acceptors (Lipinski definition) is 4. The van der Waals surface area contributed by atoms with E-state index in [0.29, 0.717) is 22.3 Å². The lowest BCUT2D eigenvalue weighted by molar-refractivity contribution is 0.102. The fourth-order valence-electron chi connectivity index (χ4n) is 2.45. The molecule has 3 rings (SSSR count). The molecule has 0 aliphatic carbocycles. The van der Waals surface area contributed by atoms with Gasteiger partial charge in [0, 0.05) is 22.7 Å². The summed E-state index contributed by atoms with van der Waals surface area (Å²) in [6, 6.07) is 15.0. The molecular weight excluding hydrogens is 366 g/mol. The van der Waals surface area contributed by atoms with Crippen LogP contribution in [0.2, 0.25) is 5.02 Å². The quantitative estimate of drug-likeness (QED) is 0.324. The summed E-state index contributed by atoms with van der Waals surface area (Å²) in [5, 5.41) is 9.89. The SMILES string of the molecule is C=CCn1c(SCC(=O)c2ccc(Cl)cc2)nnc1-c1ccc(C)cc1. The van der Waals surface area contributed by atoms with E-state index in [0.717, 1.165) is 11.4 Å². The van der Waals surface area contributed by atoms with Gasteiger partial charge in [0.2, 0.25) is 0 Å². The highest BCUT2D eigenvalue weighted by molar-refractivity contribution is 7.99. The first-order valence-corrected chi connectivity index (χ1v) is 9.47. The van der Waals surface area contributed by atoms with Crippen LogP contribution in [0.5, 0.6) is 0 Å². The summed E-state index contributed by atoms with van der Waals surface area (Å²) >= 11 is 7.24. The molecular formula is C20H18ClN3OS.